The van der Waals surface area contributed by atoms with Crippen LogP contribution in [0.15, 0.2) is 47.4 Å². The smallest absolute Gasteiger partial charge is 0.328 e. The minimum absolute atomic E-state index is 0.0391. The number of hydrogen-bond acceptors (Lipinski definition) is 5. The summed E-state index contributed by atoms with van der Waals surface area (Å²) in [6.07, 6.45) is 0.558. The number of carbonyl (C=O) groups is 2. The molecule has 0 radical (unpaired) electrons. The normalized spacial score (nSPS) is 13.3. The first-order valence-corrected chi connectivity index (χ1v) is 13.2. The van der Waals surface area contributed by atoms with Crippen LogP contribution in [-0.4, -0.2) is 39.5 Å². The molecule has 0 fully saturated rings. The summed E-state index contributed by atoms with van der Waals surface area (Å²) in [4.78, 5) is 24.2. The van der Waals surface area contributed by atoms with Gasteiger partial charge in [0, 0.05) is 22.5 Å². The first-order valence-electron chi connectivity index (χ1n) is 11.0. The zero-order chi connectivity index (χ0) is 26.3. The van der Waals surface area contributed by atoms with Gasteiger partial charge in [0.05, 0.1) is 17.7 Å². The molecular weight excluding hydrogens is 518 g/mol. The van der Waals surface area contributed by atoms with Crippen LogP contribution in [0.3, 0.4) is 0 Å². The topological polar surface area (TPSA) is 92.8 Å². The van der Waals surface area contributed by atoms with Crippen molar-refractivity contribution >= 4 is 50.8 Å². The van der Waals surface area contributed by atoms with Gasteiger partial charge < -0.3 is 10.1 Å². The van der Waals surface area contributed by atoms with Crippen LogP contribution in [0.4, 0.5) is 10.1 Å². The second-order valence-electron chi connectivity index (χ2n) is 8.40. The highest BCUT2D eigenvalue weighted by atomic mass is 35.5. The van der Waals surface area contributed by atoms with Crippen molar-refractivity contribution in [3.63, 3.8) is 0 Å². The maximum absolute atomic E-state index is 14.8. The maximum Gasteiger partial charge on any atom is 0.328 e. The molecule has 1 unspecified atom stereocenters. The second-order valence-corrected chi connectivity index (χ2v) is 11.1. The lowest BCUT2D eigenvalue weighted by molar-refractivity contribution is -0.146. The maximum atomic E-state index is 14.8. The number of sulfonamides is 1. The van der Waals surface area contributed by atoms with E-state index in [9.17, 15) is 22.4 Å². The fourth-order valence-electron chi connectivity index (χ4n) is 3.52. The van der Waals surface area contributed by atoms with E-state index < -0.39 is 33.9 Å². The van der Waals surface area contributed by atoms with Gasteiger partial charge in [0.2, 0.25) is 5.91 Å². The van der Waals surface area contributed by atoms with Crippen molar-refractivity contribution in [2.45, 2.75) is 57.0 Å². The first-order chi connectivity index (χ1) is 16.4. The summed E-state index contributed by atoms with van der Waals surface area (Å²) < 4.78 is 47.5. The number of anilines is 1. The number of rotatable bonds is 11. The van der Waals surface area contributed by atoms with E-state index in [1.165, 1.54) is 43.5 Å². The number of methoxy groups -OCH3 is 1. The summed E-state index contributed by atoms with van der Waals surface area (Å²) in [6.45, 7) is 5.18. The first kappa shape index (κ1) is 28.9. The van der Waals surface area contributed by atoms with Crippen molar-refractivity contribution in [2.24, 2.45) is 5.92 Å². The quantitative estimate of drug-likeness (QED) is 0.391. The average molecular weight is 547 g/mol. The molecule has 2 aromatic carbocycles. The summed E-state index contributed by atoms with van der Waals surface area (Å²) in [6, 6.07) is 7.71. The van der Waals surface area contributed by atoms with Crippen LogP contribution in [-0.2, 0) is 24.3 Å². The molecule has 7 nitrogen and oxygen atoms in total. The third kappa shape index (κ3) is 7.56. The Balaban J connectivity index is 2.24. The number of nitrogens with zero attached hydrogens (tertiary/aromatic N) is 1. The Morgan fingerprint density at radius 2 is 1.66 bits per heavy atom. The Bertz CT molecular complexity index is 1140. The van der Waals surface area contributed by atoms with E-state index in [1.54, 1.807) is 20.8 Å². The molecule has 0 saturated carbocycles. The van der Waals surface area contributed by atoms with Crippen LogP contribution >= 0.6 is 23.2 Å². The van der Waals surface area contributed by atoms with E-state index in [-0.39, 0.29) is 46.7 Å². The van der Waals surface area contributed by atoms with Crippen LogP contribution in [0.5, 0.6) is 0 Å². The fraction of sp³-hybridized carbons (Fsp3) is 0.417. The molecule has 1 amide bonds. The average Bonchev–Trinajstić information content (AvgIpc) is 2.79. The number of esters is 1. The summed E-state index contributed by atoms with van der Waals surface area (Å²) in [5, 5.41) is 3.17. The lowest BCUT2D eigenvalue weighted by Crippen LogP contribution is -2.45. The van der Waals surface area contributed by atoms with Gasteiger partial charge in [-0.05, 0) is 68.1 Å². The van der Waals surface area contributed by atoms with E-state index in [0.717, 1.165) is 10.4 Å². The van der Waals surface area contributed by atoms with Crippen molar-refractivity contribution in [1.29, 1.82) is 0 Å². The van der Waals surface area contributed by atoms with E-state index in [4.69, 9.17) is 27.9 Å². The molecule has 35 heavy (non-hydrogen) atoms. The lowest BCUT2D eigenvalue weighted by Gasteiger charge is -2.31. The molecule has 2 atom stereocenters. The highest BCUT2D eigenvalue weighted by Gasteiger charge is 2.32. The zero-order valence-corrected chi connectivity index (χ0v) is 22.3. The molecule has 192 valence electrons. The van der Waals surface area contributed by atoms with E-state index >= 15 is 0 Å². The van der Waals surface area contributed by atoms with Crippen molar-refractivity contribution in [1.82, 2.24) is 5.32 Å². The van der Waals surface area contributed by atoms with Gasteiger partial charge in [-0.1, -0.05) is 37.0 Å². The molecule has 2 aromatic rings. The fourth-order valence-corrected chi connectivity index (χ4v) is 5.50. The molecule has 11 heteroatoms. The highest BCUT2D eigenvalue weighted by molar-refractivity contribution is 7.92. The van der Waals surface area contributed by atoms with Crippen LogP contribution in [0.25, 0.3) is 0 Å². The summed E-state index contributed by atoms with van der Waals surface area (Å²) in [7, 11) is -2.94. The molecular formula is C24H29Cl2FN2O5S. The molecule has 1 N–H and O–H groups in total. The predicted octanol–water partition coefficient (Wildman–Crippen LogP) is 5.20. The number of ether oxygens (including phenoxy) is 1. The molecule has 0 aromatic heterocycles. The molecule has 0 spiro atoms. The Morgan fingerprint density at radius 1 is 1.06 bits per heavy atom. The number of halogens is 3. The number of nitrogens with one attached hydrogen (secondary N) is 1. The van der Waals surface area contributed by atoms with Crippen LogP contribution in [0.1, 0.15) is 40.0 Å². The van der Waals surface area contributed by atoms with Gasteiger partial charge in [-0.15, -0.1) is 0 Å². The summed E-state index contributed by atoms with van der Waals surface area (Å²) >= 11 is 11.9. The molecule has 0 bridgehead atoms. The van der Waals surface area contributed by atoms with Gasteiger partial charge in [-0.25, -0.2) is 17.6 Å². The lowest BCUT2D eigenvalue weighted by atomic mass is 10.0. The molecule has 0 aliphatic carbocycles. The van der Waals surface area contributed by atoms with Gasteiger partial charge in [0.1, 0.15) is 11.9 Å². The van der Waals surface area contributed by atoms with Gasteiger partial charge in [0.25, 0.3) is 10.0 Å². The minimum atomic E-state index is -4.19. The number of amides is 1. The Labute approximate surface area is 215 Å². The Morgan fingerprint density at radius 3 is 2.23 bits per heavy atom. The predicted molar refractivity (Wildman–Crippen MR) is 135 cm³/mol. The van der Waals surface area contributed by atoms with Gasteiger partial charge in [-0.2, -0.15) is 0 Å². The van der Waals surface area contributed by atoms with E-state index in [0.29, 0.717) is 5.02 Å². The molecule has 0 saturated heterocycles. The van der Waals surface area contributed by atoms with Gasteiger partial charge in [0.15, 0.2) is 0 Å². The van der Waals surface area contributed by atoms with E-state index in [1.807, 2.05) is 0 Å². The Kier molecular flexibility index (Phi) is 10.4. The van der Waals surface area contributed by atoms with Crippen LogP contribution < -0.4 is 9.62 Å². The van der Waals surface area contributed by atoms with Gasteiger partial charge >= 0.3 is 5.97 Å². The van der Waals surface area contributed by atoms with Crippen molar-refractivity contribution in [2.75, 3.05) is 11.4 Å². The van der Waals surface area contributed by atoms with Crippen molar-refractivity contribution in [3.8, 4) is 0 Å². The monoisotopic (exact) mass is 546 g/mol. The van der Waals surface area contributed by atoms with Crippen molar-refractivity contribution < 1.29 is 27.1 Å². The van der Waals surface area contributed by atoms with Crippen LogP contribution in [0, 0.1) is 11.7 Å². The number of hydrogen-bond donors (Lipinski definition) is 1. The number of benzene rings is 2. The second kappa shape index (κ2) is 12.6. The highest BCUT2D eigenvalue weighted by Crippen LogP contribution is 2.32. The van der Waals surface area contributed by atoms with Crippen LogP contribution in [0.2, 0.25) is 10.0 Å². The summed E-state index contributed by atoms with van der Waals surface area (Å²) in [5.74, 6) is -1.84. The SMILES string of the molecule is COC(=O)[C@H](NC(=O)CCCC(C)N(c1cc(Cl)ccc1F)S(=O)(=O)c1ccc(Cl)cc1)C(C)C. The number of carbonyl (C=O) groups excluding carboxylic acids is 2. The molecule has 0 aliphatic rings. The third-order valence-electron chi connectivity index (χ3n) is 5.38. The Hall–Kier alpha value is -2.36. The molecule has 2 rings (SSSR count). The summed E-state index contributed by atoms with van der Waals surface area (Å²) in [5.41, 5.74) is -0.199. The third-order valence-corrected chi connectivity index (χ3v) is 7.81. The van der Waals surface area contributed by atoms with Crippen molar-refractivity contribution in [3.05, 3.63) is 58.3 Å². The standard InChI is InChI=1S/C24H29Cl2FN2O5S/c1-15(2)23(24(31)34-4)28-22(30)7-5-6-16(3)29(21-14-18(26)10-13-20(21)27)35(32,33)19-11-8-17(25)9-12-19/h8-16,23H,5-7H2,1-4H3,(H,28,30)/t16?,23-/m1/s1. The minimum Gasteiger partial charge on any atom is -0.467 e. The van der Waals surface area contributed by atoms with E-state index in [2.05, 4.69) is 5.32 Å². The molecule has 0 aliphatic heterocycles. The largest absolute Gasteiger partial charge is 0.467 e. The zero-order valence-electron chi connectivity index (χ0n) is 19.9. The molecule has 0 heterocycles. The van der Waals surface area contributed by atoms with Gasteiger partial charge in [-0.3, -0.25) is 9.10 Å².